The molecule has 1 aliphatic rings. The number of rotatable bonds is 6. The Hall–Kier alpha value is -2.49. The third-order valence-electron chi connectivity index (χ3n) is 4.91. The van der Waals surface area contributed by atoms with Gasteiger partial charge in [-0.05, 0) is 28.8 Å². The maximum Gasteiger partial charge on any atom is 0.0660 e. The Balaban J connectivity index is 1.72. The van der Waals surface area contributed by atoms with Crippen LogP contribution in [0, 0.1) is 0 Å². The number of aromatic nitrogens is 1. The molecule has 0 aliphatic carbocycles. The van der Waals surface area contributed by atoms with Gasteiger partial charge in [0, 0.05) is 19.5 Å². The summed E-state index contributed by atoms with van der Waals surface area (Å²) in [5, 5.41) is 0. The van der Waals surface area contributed by atoms with E-state index in [0.29, 0.717) is 18.7 Å². The third-order valence-corrected chi connectivity index (χ3v) is 4.91. The van der Waals surface area contributed by atoms with Crippen LogP contribution >= 0.6 is 0 Å². The molecule has 1 unspecified atom stereocenters. The van der Waals surface area contributed by atoms with Crippen LogP contribution in [0.4, 0.5) is 0 Å². The fourth-order valence-electron chi connectivity index (χ4n) is 3.74. The molecule has 4 atom stereocenters. The zero-order chi connectivity index (χ0) is 17.1. The number of pyridine rings is 1. The van der Waals surface area contributed by atoms with Crippen molar-refractivity contribution < 1.29 is 4.74 Å². The molecule has 0 N–H and O–H groups in total. The zero-order valence-electron chi connectivity index (χ0n) is 14.3. The lowest BCUT2D eigenvalue weighted by molar-refractivity contribution is 0.135. The summed E-state index contributed by atoms with van der Waals surface area (Å²) >= 11 is 0. The van der Waals surface area contributed by atoms with Crippen LogP contribution in [0.25, 0.3) is 0 Å². The van der Waals surface area contributed by atoms with Crippen molar-refractivity contribution >= 4 is 0 Å². The van der Waals surface area contributed by atoms with Gasteiger partial charge < -0.3 is 4.74 Å². The highest BCUT2D eigenvalue weighted by molar-refractivity contribution is 5.36. The van der Waals surface area contributed by atoms with E-state index >= 15 is 0 Å². The molecule has 2 aromatic carbocycles. The molecule has 2 heterocycles. The lowest BCUT2D eigenvalue weighted by atomic mass is 10.1. The normalized spacial score (nSPS) is 23.2. The van der Waals surface area contributed by atoms with E-state index in [1.807, 2.05) is 12.4 Å². The van der Waals surface area contributed by atoms with E-state index in [1.54, 1.807) is 7.11 Å². The van der Waals surface area contributed by atoms with Crippen molar-refractivity contribution in [3.05, 3.63) is 102 Å². The van der Waals surface area contributed by atoms with Crippen LogP contribution in [0.2, 0.25) is 0 Å². The second-order valence-corrected chi connectivity index (χ2v) is 6.41. The predicted molar refractivity (Wildman–Crippen MR) is 99.1 cm³/mol. The molecule has 4 rings (SSSR count). The van der Waals surface area contributed by atoms with E-state index in [4.69, 9.17) is 4.74 Å². The monoisotopic (exact) mass is 330 g/mol. The van der Waals surface area contributed by atoms with E-state index < -0.39 is 0 Å². The Bertz CT molecular complexity index is 747. The van der Waals surface area contributed by atoms with Gasteiger partial charge in [0.1, 0.15) is 0 Å². The molecule has 3 aromatic rings. The summed E-state index contributed by atoms with van der Waals surface area (Å²) < 4.78 is 5.57. The van der Waals surface area contributed by atoms with Crippen molar-refractivity contribution in [1.82, 2.24) is 9.88 Å². The lowest BCUT2D eigenvalue weighted by Crippen LogP contribution is -2.16. The summed E-state index contributed by atoms with van der Waals surface area (Å²) in [6.45, 7) is 0.676. The highest BCUT2D eigenvalue weighted by atomic mass is 16.5. The van der Waals surface area contributed by atoms with E-state index in [2.05, 4.69) is 82.7 Å². The fourth-order valence-corrected chi connectivity index (χ4v) is 3.74. The average Bonchev–Trinajstić information content (AvgIpc) is 3.43. The van der Waals surface area contributed by atoms with E-state index in [-0.39, 0.29) is 6.04 Å². The summed E-state index contributed by atoms with van der Waals surface area (Å²) in [5.41, 5.74) is 3.95. The molecule has 0 spiro atoms. The molecule has 0 bridgehead atoms. The topological polar surface area (TPSA) is 25.1 Å². The number of hydrogen-bond acceptors (Lipinski definition) is 3. The largest absolute Gasteiger partial charge is 0.383 e. The molecular formula is C22H22N2O. The van der Waals surface area contributed by atoms with Crippen LogP contribution in [0.5, 0.6) is 0 Å². The first-order valence-corrected chi connectivity index (χ1v) is 8.66. The molecule has 1 saturated heterocycles. The van der Waals surface area contributed by atoms with Gasteiger partial charge in [-0.3, -0.25) is 9.88 Å². The minimum atomic E-state index is 0.231. The van der Waals surface area contributed by atoms with Crippen LogP contribution in [-0.2, 0) is 4.74 Å². The Kier molecular flexibility index (Phi) is 4.59. The molecule has 1 fully saturated rings. The van der Waals surface area contributed by atoms with Crippen LogP contribution < -0.4 is 0 Å². The molecule has 126 valence electrons. The Morgan fingerprint density at radius 3 is 2.00 bits per heavy atom. The Labute approximate surface area is 148 Å². The first-order valence-electron chi connectivity index (χ1n) is 8.66. The predicted octanol–water partition coefficient (Wildman–Crippen LogP) is 4.57. The number of benzene rings is 2. The van der Waals surface area contributed by atoms with Gasteiger partial charge in [-0.25, -0.2) is 0 Å². The quantitative estimate of drug-likeness (QED) is 0.619. The molecule has 25 heavy (non-hydrogen) atoms. The molecule has 1 aromatic heterocycles. The minimum absolute atomic E-state index is 0.231. The van der Waals surface area contributed by atoms with Gasteiger partial charge in [0.15, 0.2) is 0 Å². The van der Waals surface area contributed by atoms with Crippen molar-refractivity contribution in [2.45, 2.75) is 18.1 Å². The SMILES string of the molecule is COC[C@@H](c1ccccc1)N1[C@@H](c2ccccc2)[C@@H]1c1ccncc1. The molecular weight excluding hydrogens is 308 g/mol. The summed E-state index contributed by atoms with van der Waals surface area (Å²) in [7, 11) is 1.78. The second kappa shape index (κ2) is 7.18. The molecule has 0 amide bonds. The third kappa shape index (κ3) is 3.21. The van der Waals surface area contributed by atoms with Gasteiger partial charge >= 0.3 is 0 Å². The van der Waals surface area contributed by atoms with Gasteiger partial charge in [-0.1, -0.05) is 60.7 Å². The Morgan fingerprint density at radius 2 is 1.40 bits per heavy atom. The highest BCUT2D eigenvalue weighted by Gasteiger charge is 2.53. The summed E-state index contributed by atoms with van der Waals surface area (Å²) in [5.74, 6) is 0. The lowest BCUT2D eigenvalue weighted by Gasteiger charge is -2.20. The van der Waals surface area contributed by atoms with Gasteiger partial charge in [0.2, 0.25) is 0 Å². The zero-order valence-corrected chi connectivity index (χ0v) is 14.3. The first-order chi connectivity index (χ1) is 12.4. The average molecular weight is 330 g/mol. The standard InChI is InChI=1S/C22H22N2O/c1-25-16-20(17-8-4-2-5-9-17)24-21(18-10-6-3-7-11-18)22(24)19-12-14-23-15-13-19/h2-15,20-22H,16H2,1H3/t20-,21-,22-,24?/m0/s1. The molecule has 0 radical (unpaired) electrons. The molecule has 3 heteroatoms. The van der Waals surface area contributed by atoms with Gasteiger partial charge in [-0.2, -0.15) is 0 Å². The van der Waals surface area contributed by atoms with Crippen molar-refractivity contribution in [3.63, 3.8) is 0 Å². The number of methoxy groups -OCH3 is 1. The summed E-state index contributed by atoms with van der Waals surface area (Å²) in [4.78, 5) is 6.72. The van der Waals surface area contributed by atoms with Crippen molar-refractivity contribution in [3.8, 4) is 0 Å². The van der Waals surface area contributed by atoms with E-state index in [1.165, 1.54) is 16.7 Å². The number of nitrogens with zero attached hydrogens (tertiary/aromatic N) is 2. The summed E-state index contributed by atoms with van der Waals surface area (Å²) in [6, 6.07) is 26.6. The van der Waals surface area contributed by atoms with E-state index in [9.17, 15) is 0 Å². The van der Waals surface area contributed by atoms with Crippen LogP contribution in [0.1, 0.15) is 34.8 Å². The van der Waals surface area contributed by atoms with E-state index in [0.717, 1.165) is 0 Å². The fraction of sp³-hybridized carbons (Fsp3) is 0.227. The molecule has 0 saturated carbocycles. The molecule has 3 nitrogen and oxygen atoms in total. The van der Waals surface area contributed by atoms with Gasteiger partial charge in [0.25, 0.3) is 0 Å². The van der Waals surface area contributed by atoms with Crippen molar-refractivity contribution in [2.24, 2.45) is 0 Å². The number of hydrogen-bond donors (Lipinski definition) is 0. The highest BCUT2D eigenvalue weighted by Crippen LogP contribution is 2.59. The van der Waals surface area contributed by atoms with Crippen LogP contribution in [-0.4, -0.2) is 23.6 Å². The maximum absolute atomic E-state index is 5.57. The van der Waals surface area contributed by atoms with Gasteiger partial charge in [-0.15, -0.1) is 0 Å². The van der Waals surface area contributed by atoms with Crippen LogP contribution in [0.3, 0.4) is 0 Å². The van der Waals surface area contributed by atoms with Crippen molar-refractivity contribution in [1.29, 1.82) is 0 Å². The van der Waals surface area contributed by atoms with Gasteiger partial charge in [0.05, 0.1) is 24.7 Å². The molecule has 1 aliphatic heterocycles. The summed E-state index contributed by atoms with van der Waals surface area (Å²) in [6.07, 6.45) is 3.75. The maximum atomic E-state index is 5.57. The number of ether oxygens (including phenoxy) is 1. The second-order valence-electron chi connectivity index (χ2n) is 6.41. The minimum Gasteiger partial charge on any atom is -0.383 e. The Morgan fingerprint density at radius 1 is 0.840 bits per heavy atom. The first kappa shape index (κ1) is 16.0. The smallest absolute Gasteiger partial charge is 0.0660 e. The van der Waals surface area contributed by atoms with Crippen LogP contribution in [0.15, 0.2) is 85.2 Å². The van der Waals surface area contributed by atoms with Crippen molar-refractivity contribution in [2.75, 3.05) is 13.7 Å².